The summed E-state index contributed by atoms with van der Waals surface area (Å²) in [7, 11) is 0. The maximum absolute atomic E-state index is 13.0. The molecule has 0 aliphatic carbocycles. The Morgan fingerprint density at radius 2 is 1.87 bits per heavy atom. The second kappa shape index (κ2) is 8.69. The van der Waals surface area contributed by atoms with Gasteiger partial charge in [0.2, 0.25) is 0 Å². The minimum Gasteiger partial charge on any atom is -0.352 e. The summed E-state index contributed by atoms with van der Waals surface area (Å²) in [6.45, 7) is 8.86. The Labute approximate surface area is 178 Å². The first kappa shape index (κ1) is 21.6. The van der Waals surface area contributed by atoms with Gasteiger partial charge in [0.15, 0.2) is 5.96 Å². The molecular formula is C24H30N4O2. The Hall–Kier alpha value is -3.15. The Morgan fingerprint density at radius 3 is 2.50 bits per heavy atom. The summed E-state index contributed by atoms with van der Waals surface area (Å²) < 4.78 is 0. The minimum atomic E-state index is -0.724. The van der Waals surface area contributed by atoms with Crippen LogP contribution in [0, 0.1) is 11.3 Å². The van der Waals surface area contributed by atoms with Gasteiger partial charge in [0.1, 0.15) is 5.54 Å². The van der Waals surface area contributed by atoms with E-state index in [0.717, 1.165) is 16.7 Å². The van der Waals surface area contributed by atoms with Crippen LogP contribution in [-0.2, 0) is 11.3 Å². The number of nitrogens with zero attached hydrogens (tertiary/aromatic N) is 1. The third-order valence-electron chi connectivity index (χ3n) is 5.28. The van der Waals surface area contributed by atoms with Crippen molar-refractivity contribution in [3.05, 3.63) is 59.7 Å². The molecule has 6 nitrogen and oxygen atoms in total. The van der Waals surface area contributed by atoms with E-state index in [-0.39, 0.29) is 17.8 Å². The van der Waals surface area contributed by atoms with Crippen molar-refractivity contribution in [2.75, 3.05) is 6.54 Å². The Kier molecular flexibility index (Phi) is 6.25. The van der Waals surface area contributed by atoms with E-state index in [1.165, 1.54) is 4.90 Å². The molecule has 0 spiro atoms. The molecule has 1 heterocycles. The highest BCUT2D eigenvalue weighted by atomic mass is 16.2. The van der Waals surface area contributed by atoms with Gasteiger partial charge in [-0.2, -0.15) is 0 Å². The molecular weight excluding hydrogens is 376 g/mol. The van der Waals surface area contributed by atoms with Gasteiger partial charge >= 0.3 is 0 Å². The average Bonchev–Trinajstić information content (AvgIpc) is 2.90. The smallest absolute Gasteiger partial charge is 0.255 e. The van der Waals surface area contributed by atoms with Crippen LogP contribution in [0.2, 0.25) is 0 Å². The number of benzene rings is 2. The van der Waals surface area contributed by atoms with Crippen molar-refractivity contribution in [2.24, 2.45) is 5.92 Å². The normalized spacial score (nSPS) is 18.6. The summed E-state index contributed by atoms with van der Waals surface area (Å²) in [6, 6.07) is 15.4. The SMILES string of the molecule is CCNC(=O)c1ccc(-c2cccc(CN3C(=N)NC(C)(CC(C)C)C3=O)c2)cc1. The predicted molar refractivity (Wildman–Crippen MR) is 119 cm³/mol. The third kappa shape index (κ3) is 4.53. The van der Waals surface area contributed by atoms with Gasteiger partial charge in [0.05, 0.1) is 6.54 Å². The van der Waals surface area contributed by atoms with Crippen LogP contribution in [0.25, 0.3) is 11.1 Å². The zero-order valence-electron chi connectivity index (χ0n) is 18.1. The molecule has 0 bridgehead atoms. The molecule has 0 saturated carbocycles. The lowest BCUT2D eigenvalue weighted by Crippen LogP contribution is -2.44. The van der Waals surface area contributed by atoms with Gasteiger partial charge in [-0.15, -0.1) is 0 Å². The molecule has 0 aromatic heterocycles. The third-order valence-corrected chi connectivity index (χ3v) is 5.28. The number of amides is 2. The van der Waals surface area contributed by atoms with Crippen molar-refractivity contribution in [2.45, 2.75) is 46.2 Å². The standard InChI is InChI=1S/C24H30N4O2/c1-5-26-21(29)19-11-9-18(10-12-19)20-8-6-7-17(13-20)15-28-22(30)24(4,14-16(2)3)27-23(28)25/h6-13,16H,5,14-15H2,1-4H3,(H2,25,27)(H,26,29). The second-order valence-electron chi connectivity index (χ2n) is 8.43. The first-order chi connectivity index (χ1) is 14.2. The molecule has 158 valence electrons. The van der Waals surface area contributed by atoms with E-state index >= 15 is 0 Å². The van der Waals surface area contributed by atoms with Crippen molar-refractivity contribution in [3.63, 3.8) is 0 Å². The van der Waals surface area contributed by atoms with Crippen LogP contribution in [-0.4, -0.2) is 34.8 Å². The molecule has 2 aromatic rings. The van der Waals surface area contributed by atoms with E-state index in [9.17, 15) is 9.59 Å². The van der Waals surface area contributed by atoms with E-state index in [2.05, 4.69) is 24.5 Å². The number of hydrogen-bond donors (Lipinski definition) is 3. The molecule has 1 aliphatic rings. The lowest BCUT2D eigenvalue weighted by atomic mass is 9.91. The van der Waals surface area contributed by atoms with Crippen LogP contribution >= 0.6 is 0 Å². The second-order valence-corrected chi connectivity index (χ2v) is 8.43. The van der Waals surface area contributed by atoms with Crippen molar-refractivity contribution in [1.82, 2.24) is 15.5 Å². The number of carbonyl (C=O) groups is 2. The highest BCUT2D eigenvalue weighted by Gasteiger charge is 2.45. The minimum absolute atomic E-state index is 0.0575. The maximum atomic E-state index is 13.0. The summed E-state index contributed by atoms with van der Waals surface area (Å²) in [6.07, 6.45) is 0.683. The van der Waals surface area contributed by atoms with Crippen molar-refractivity contribution in [1.29, 1.82) is 5.41 Å². The highest BCUT2D eigenvalue weighted by Crippen LogP contribution is 2.27. The Balaban J connectivity index is 1.77. The molecule has 1 unspecified atom stereocenters. The van der Waals surface area contributed by atoms with Gasteiger partial charge < -0.3 is 10.6 Å². The molecule has 30 heavy (non-hydrogen) atoms. The maximum Gasteiger partial charge on any atom is 0.255 e. The van der Waals surface area contributed by atoms with Crippen LogP contribution in [0.1, 0.15) is 50.0 Å². The largest absolute Gasteiger partial charge is 0.352 e. The van der Waals surface area contributed by atoms with Crippen molar-refractivity contribution >= 4 is 17.8 Å². The summed E-state index contributed by atoms with van der Waals surface area (Å²) in [5.74, 6) is 0.364. The average molecular weight is 407 g/mol. The van der Waals surface area contributed by atoms with Crippen LogP contribution in [0.5, 0.6) is 0 Å². The van der Waals surface area contributed by atoms with Crippen LogP contribution < -0.4 is 10.6 Å². The molecule has 2 aromatic carbocycles. The first-order valence-electron chi connectivity index (χ1n) is 10.4. The fourth-order valence-corrected chi connectivity index (χ4v) is 4.00. The van der Waals surface area contributed by atoms with E-state index in [1.807, 2.05) is 62.4 Å². The van der Waals surface area contributed by atoms with E-state index < -0.39 is 5.54 Å². The topological polar surface area (TPSA) is 85.3 Å². The number of rotatable bonds is 7. The Bertz CT molecular complexity index is 952. The molecule has 1 saturated heterocycles. The van der Waals surface area contributed by atoms with Gasteiger partial charge in [-0.25, -0.2) is 0 Å². The van der Waals surface area contributed by atoms with Gasteiger partial charge in [0, 0.05) is 12.1 Å². The quantitative estimate of drug-likeness (QED) is 0.654. The number of carbonyl (C=O) groups excluding carboxylic acids is 2. The molecule has 1 aliphatic heterocycles. The molecule has 1 fully saturated rings. The number of guanidine groups is 1. The van der Waals surface area contributed by atoms with Crippen LogP contribution in [0.4, 0.5) is 0 Å². The molecule has 2 amide bonds. The van der Waals surface area contributed by atoms with Gasteiger partial charge in [0.25, 0.3) is 11.8 Å². The predicted octanol–water partition coefficient (Wildman–Crippen LogP) is 3.77. The van der Waals surface area contributed by atoms with Gasteiger partial charge in [-0.1, -0.05) is 44.2 Å². The molecule has 0 radical (unpaired) electrons. The van der Waals surface area contributed by atoms with Crippen LogP contribution in [0.15, 0.2) is 48.5 Å². The van der Waals surface area contributed by atoms with Crippen LogP contribution in [0.3, 0.4) is 0 Å². The number of nitrogens with one attached hydrogen (secondary N) is 3. The van der Waals surface area contributed by atoms with E-state index in [4.69, 9.17) is 5.41 Å². The van der Waals surface area contributed by atoms with Gasteiger partial charge in [-0.3, -0.25) is 19.9 Å². The molecule has 6 heteroatoms. The van der Waals surface area contributed by atoms with Crippen molar-refractivity contribution in [3.8, 4) is 11.1 Å². The Morgan fingerprint density at radius 1 is 1.17 bits per heavy atom. The zero-order valence-corrected chi connectivity index (χ0v) is 18.1. The van der Waals surface area contributed by atoms with Gasteiger partial charge in [-0.05, 0) is 61.1 Å². The lowest BCUT2D eigenvalue weighted by molar-refractivity contribution is -0.131. The first-order valence-corrected chi connectivity index (χ1v) is 10.4. The fourth-order valence-electron chi connectivity index (χ4n) is 4.00. The summed E-state index contributed by atoms with van der Waals surface area (Å²) >= 11 is 0. The lowest BCUT2D eigenvalue weighted by Gasteiger charge is -2.24. The summed E-state index contributed by atoms with van der Waals surface area (Å²) in [4.78, 5) is 26.4. The zero-order chi connectivity index (χ0) is 21.9. The van der Waals surface area contributed by atoms with E-state index in [0.29, 0.717) is 31.0 Å². The molecule has 3 N–H and O–H groups in total. The monoisotopic (exact) mass is 406 g/mol. The van der Waals surface area contributed by atoms with E-state index in [1.54, 1.807) is 0 Å². The number of hydrogen-bond acceptors (Lipinski definition) is 3. The molecule has 3 rings (SSSR count). The summed E-state index contributed by atoms with van der Waals surface area (Å²) in [5.41, 5.74) is 2.86. The molecule has 1 atom stereocenters. The summed E-state index contributed by atoms with van der Waals surface area (Å²) in [5, 5.41) is 14.1. The van der Waals surface area contributed by atoms with Crippen molar-refractivity contribution < 1.29 is 9.59 Å². The fraction of sp³-hybridized carbons (Fsp3) is 0.375. The highest BCUT2D eigenvalue weighted by molar-refractivity contribution is 6.07.